The molecule has 0 bridgehead atoms. The second-order valence-electron chi connectivity index (χ2n) is 8.38. The van der Waals surface area contributed by atoms with Crippen molar-refractivity contribution < 1.29 is 9.59 Å². The number of carbonyl (C=O) groups excluding carboxylic acids is 2. The Morgan fingerprint density at radius 3 is 2.50 bits per heavy atom. The van der Waals surface area contributed by atoms with E-state index in [1.54, 1.807) is 16.8 Å². The Labute approximate surface area is 199 Å². The zero-order valence-electron chi connectivity index (χ0n) is 19.5. The Hall–Kier alpha value is -4.00. The molecule has 2 aromatic heterocycles. The van der Waals surface area contributed by atoms with Crippen LogP contribution in [-0.2, 0) is 4.79 Å². The summed E-state index contributed by atoms with van der Waals surface area (Å²) >= 11 is 0. The number of fused-ring (bicyclic) bond motifs is 1. The van der Waals surface area contributed by atoms with E-state index in [0.29, 0.717) is 30.2 Å². The Kier molecular flexibility index (Phi) is 7.32. The second kappa shape index (κ2) is 10.7. The summed E-state index contributed by atoms with van der Waals surface area (Å²) in [6.45, 7) is 4.53. The minimum atomic E-state index is -0.0699. The van der Waals surface area contributed by atoms with Crippen LogP contribution in [-0.4, -0.2) is 33.1 Å². The largest absolute Gasteiger partial charge is 0.352 e. The summed E-state index contributed by atoms with van der Waals surface area (Å²) < 4.78 is 1.69. The van der Waals surface area contributed by atoms with Crippen LogP contribution in [0, 0.1) is 13.8 Å². The highest BCUT2D eigenvalue weighted by molar-refractivity contribution is 5.94. The number of carbonyl (C=O) groups is 2. The Morgan fingerprint density at radius 1 is 0.912 bits per heavy atom. The number of rotatable bonds is 9. The number of hydrogen-bond donors (Lipinski definition) is 2. The number of amides is 2. The van der Waals surface area contributed by atoms with E-state index >= 15 is 0 Å². The van der Waals surface area contributed by atoms with Crippen molar-refractivity contribution in [3.8, 4) is 5.82 Å². The van der Waals surface area contributed by atoms with Gasteiger partial charge in [-0.2, -0.15) is 9.78 Å². The number of pyridine rings is 1. The SMILES string of the molecule is Cc1cc(NC(=O)CCCCCNC(=O)c2ccccc2)n(-c2cc(C)c3ccccc3n2)n1. The van der Waals surface area contributed by atoms with E-state index in [1.165, 1.54) is 0 Å². The lowest BCUT2D eigenvalue weighted by atomic mass is 10.1. The topological polar surface area (TPSA) is 88.9 Å². The van der Waals surface area contributed by atoms with Crippen LogP contribution in [0.4, 0.5) is 5.82 Å². The van der Waals surface area contributed by atoms with Gasteiger partial charge in [0.2, 0.25) is 5.91 Å². The molecule has 4 aromatic rings. The fourth-order valence-electron chi connectivity index (χ4n) is 3.89. The van der Waals surface area contributed by atoms with Crippen molar-refractivity contribution in [3.05, 3.63) is 83.6 Å². The van der Waals surface area contributed by atoms with Gasteiger partial charge in [-0.25, -0.2) is 4.98 Å². The van der Waals surface area contributed by atoms with Crippen molar-refractivity contribution in [1.29, 1.82) is 0 Å². The second-order valence-corrected chi connectivity index (χ2v) is 8.38. The molecule has 0 radical (unpaired) electrons. The highest BCUT2D eigenvalue weighted by atomic mass is 16.2. The van der Waals surface area contributed by atoms with Crippen LogP contribution in [0.5, 0.6) is 0 Å². The van der Waals surface area contributed by atoms with Gasteiger partial charge < -0.3 is 10.6 Å². The number of para-hydroxylation sites is 1. The first-order valence-corrected chi connectivity index (χ1v) is 11.6. The molecule has 174 valence electrons. The van der Waals surface area contributed by atoms with Crippen molar-refractivity contribution in [3.63, 3.8) is 0 Å². The van der Waals surface area contributed by atoms with Crippen LogP contribution in [0.15, 0.2) is 66.7 Å². The molecule has 0 aliphatic heterocycles. The molecule has 0 spiro atoms. The number of aryl methyl sites for hydroxylation is 2. The molecule has 0 unspecified atom stereocenters. The molecule has 0 atom stereocenters. The third-order valence-electron chi connectivity index (χ3n) is 5.63. The maximum Gasteiger partial charge on any atom is 0.251 e. The number of unbranched alkanes of at least 4 members (excludes halogenated alkanes) is 2. The van der Waals surface area contributed by atoms with Gasteiger partial charge in [-0.05, 0) is 56.5 Å². The zero-order chi connectivity index (χ0) is 23.9. The molecule has 2 amide bonds. The van der Waals surface area contributed by atoms with Gasteiger partial charge in [0.15, 0.2) is 5.82 Å². The molecule has 0 aliphatic rings. The van der Waals surface area contributed by atoms with Gasteiger partial charge in [0.25, 0.3) is 5.91 Å². The molecule has 4 rings (SSSR count). The molecule has 0 saturated heterocycles. The summed E-state index contributed by atoms with van der Waals surface area (Å²) in [4.78, 5) is 29.3. The van der Waals surface area contributed by atoms with E-state index in [9.17, 15) is 9.59 Å². The summed E-state index contributed by atoms with van der Waals surface area (Å²) in [5, 5.41) is 11.5. The molecular formula is C27H29N5O2. The lowest BCUT2D eigenvalue weighted by Crippen LogP contribution is -2.24. The number of nitrogens with one attached hydrogen (secondary N) is 2. The number of aromatic nitrogens is 3. The predicted octanol–water partition coefficient (Wildman–Crippen LogP) is 4.97. The normalized spacial score (nSPS) is 10.9. The van der Waals surface area contributed by atoms with Crippen molar-refractivity contribution >= 4 is 28.5 Å². The van der Waals surface area contributed by atoms with E-state index < -0.39 is 0 Å². The zero-order valence-corrected chi connectivity index (χ0v) is 19.5. The summed E-state index contributed by atoms with van der Waals surface area (Å²) in [5.74, 6) is 1.15. The average Bonchev–Trinajstić information content (AvgIpc) is 3.21. The molecule has 2 N–H and O–H groups in total. The van der Waals surface area contributed by atoms with E-state index in [2.05, 4.69) is 15.7 Å². The van der Waals surface area contributed by atoms with E-state index in [4.69, 9.17) is 4.98 Å². The van der Waals surface area contributed by atoms with Crippen molar-refractivity contribution in [2.24, 2.45) is 0 Å². The minimum Gasteiger partial charge on any atom is -0.352 e. The molecule has 34 heavy (non-hydrogen) atoms. The van der Waals surface area contributed by atoms with Crippen LogP contribution < -0.4 is 10.6 Å². The van der Waals surface area contributed by atoms with Gasteiger partial charge in [-0.1, -0.05) is 42.8 Å². The van der Waals surface area contributed by atoms with Gasteiger partial charge in [0.1, 0.15) is 5.82 Å². The molecule has 2 aromatic carbocycles. The molecular weight excluding hydrogens is 426 g/mol. The van der Waals surface area contributed by atoms with Gasteiger partial charge in [-0.15, -0.1) is 0 Å². The molecule has 7 heteroatoms. The standard InChI is InChI=1S/C27H29N5O2/c1-19-17-24(29-23-14-9-8-13-22(19)23)32-25(18-20(2)31-32)30-26(33)15-7-4-10-16-28-27(34)21-11-5-3-6-12-21/h3,5-6,8-9,11-14,17-18H,4,7,10,15-16H2,1-2H3,(H,28,34)(H,30,33). The summed E-state index contributed by atoms with van der Waals surface area (Å²) in [7, 11) is 0. The Morgan fingerprint density at radius 2 is 1.68 bits per heavy atom. The smallest absolute Gasteiger partial charge is 0.251 e. The first kappa shape index (κ1) is 23.2. The third kappa shape index (κ3) is 5.67. The highest BCUT2D eigenvalue weighted by Gasteiger charge is 2.13. The van der Waals surface area contributed by atoms with Crippen LogP contribution in [0.1, 0.15) is 47.3 Å². The number of nitrogens with zero attached hydrogens (tertiary/aromatic N) is 3. The third-order valence-corrected chi connectivity index (χ3v) is 5.63. The molecule has 0 fully saturated rings. The Bertz CT molecular complexity index is 1300. The van der Waals surface area contributed by atoms with E-state index in [1.807, 2.05) is 68.4 Å². The lowest BCUT2D eigenvalue weighted by Gasteiger charge is -2.11. The van der Waals surface area contributed by atoms with Crippen LogP contribution in [0.25, 0.3) is 16.7 Å². The molecule has 0 saturated carbocycles. The van der Waals surface area contributed by atoms with E-state index in [0.717, 1.165) is 41.4 Å². The van der Waals surface area contributed by atoms with Gasteiger partial charge in [0.05, 0.1) is 11.2 Å². The molecule has 0 aliphatic carbocycles. The first-order valence-electron chi connectivity index (χ1n) is 11.6. The highest BCUT2D eigenvalue weighted by Crippen LogP contribution is 2.22. The molecule has 7 nitrogen and oxygen atoms in total. The first-order chi connectivity index (χ1) is 16.5. The monoisotopic (exact) mass is 455 g/mol. The maximum absolute atomic E-state index is 12.6. The predicted molar refractivity (Wildman–Crippen MR) is 134 cm³/mol. The fourth-order valence-corrected chi connectivity index (χ4v) is 3.89. The van der Waals surface area contributed by atoms with Crippen molar-refractivity contribution in [1.82, 2.24) is 20.1 Å². The quantitative estimate of drug-likeness (QED) is 0.349. The fraction of sp³-hybridized carbons (Fsp3) is 0.259. The van der Waals surface area contributed by atoms with Gasteiger partial charge >= 0.3 is 0 Å². The Balaban J connectivity index is 1.28. The number of hydrogen-bond acceptors (Lipinski definition) is 4. The maximum atomic E-state index is 12.6. The van der Waals surface area contributed by atoms with Crippen LogP contribution >= 0.6 is 0 Å². The minimum absolute atomic E-state index is 0.0630. The van der Waals surface area contributed by atoms with Crippen LogP contribution in [0.3, 0.4) is 0 Å². The van der Waals surface area contributed by atoms with Gasteiger partial charge in [0, 0.05) is 30.0 Å². The summed E-state index contributed by atoms with van der Waals surface area (Å²) in [5.41, 5.74) is 3.45. The van der Waals surface area contributed by atoms with Gasteiger partial charge in [-0.3, -0.25) is 9.59 Å². The number of anilines is 1. The van der Waals surface area contributed by atoms with E-state index in [-0.39, 0.29) is 11.8 Å². The van der Waals surface area contributed by atoms with Crippen LogP contribution in [0.2, 0.25) is 0 Å². The summed E-state index contributed by atoms with van der Waals surface area (Å²) in [6, 6.07) is 21.0. The molecule has 2 heterocycles. The average molecular weight is 456 g/mol. The number of benzene rings is 2. The van der Waals surface area contributed by atoms with Crippen molar-refractivity contribution in [2.75, 3.05) is 11.9 Å². The lowest BCUT2D eigenvalue weighted by molar-refractivity contribution is -0.116. The van der Waals surface area contributed by atoms with Crippen molar-refractivity contribution in [2.45, 2.75) is 39.5 Å². The summed E-state index contributed by atoms with van der Waals surface area (Å²) in [6.07, 6.45) is 2.82.